The first-order chi connectivity index (χ1) is 7.67. The van der Waals surface area contributed by atoms with E-state index in [9.17, 15) is 0 Å². The van der Waals surface area contributed by atoms with E-state index in [1.54, 1.807) is 6.20 Å². The normalized spacial score (nSPS) is 12.7. The van der Waals surface area contributed by atoms with E-state index in [1.807, 2.05) is 42.2 Å². The standard InChI is InChI=1S/C12H21N4/c1-5-12(13-7-8-14(3)6-2)16-10-9-15(4)11-16/h6-13H,2,5H2,1,3-4H3/q+1/b8-7-. The molecule has 88 valence electrons. The van der Waals surface area contributed by atoms with Crippen LogP contribution in [0.25, 0.3) is 0 Å². The third-order valence-corrected chi connectivity index (χ3v) is 2.42. The molecule has 4 heteroatoms. The molecule has 0 aliphatic carbocycles. The van der Waals surface area contributed by atoms with E-state index in [0.29, 0.717) is 0 Å². The van der Waals surface area contributed by atoms with Crippen LogP contribution >= 0.6 is 0 Å². The van der Waals surface area contributed by atoms with Gasteiger partial charge in [0, 0.05) is 25.9 Å². The van der Waals surface area contributed by atoms with Crippen LogP contribution < -0.4 is 9.88 Å². The Hall–Kier alpha value is -1.71. The zero-order valence-electron chi connectivity index (χ0n) is 10.3. The molecule has 1 aromatic heterocycles. The number of hydrogen-bond donors (Lipinski definition) is 1. The predicted molar refractivity (Wildman–Crippen MR) is 65.2 cm³/mol. The van der Waals surface area contributed by atoms with Crippen molar-refractivity contribution in [1.29, 1.82) is 0 Å². The molecule has 16 heavy (non-hydrogen) atoms. The molecule has 0 radical (unpaired) electrons. The minimum atomic E-state index is 0.288. The van der Waals surface area contributed by atoms with E-state index in [-0.39, 0.29) is 6.17 Å². The predicted octanol–water partition coefficient (Wildman–Crippen LogP) is 1.36. The second kappa shape index (κ2) is 6.00. The molecule has 1 N–H and O–H groups in total. The highest BCUT2D eigenvalue weighted by atomic mass is 15.2. The van der Waals surface area contributed by atoms with Crippen molar-refractivity contribution in [3.8, 4) is 0 Å². The molecule has 0 aromatic carbocycles. The molecule has 1 rings (SSSR count). The highest BCUT2D eigenvalue weighted by Gasteiger charge is 2.11. The van der Waals surface area contributed by atoms with Crippen LogP contribution in [0.15, 0.2) is 43.9 Å². The molecule has 0 aliphatic heterocycles. The summed E-state index contributed by atoms with van der Waals surface area (Å²) in [5, 5.41) is 3.34. The number of nitrogens with zero attached hydrogens (tertiary/aromatic N) is 3. The molecule has 0 spiro atoms. The van der Waals surface area contributed by atoms with Gasteiger partial charge in [0.25, 0.3) is 0 Å². The van der Waals surface area contributed by atoms with Crippen LogP contribution in [-0.2, 0) is 7.05 Å². The Bertz CT molecular complexity index is 354. The van der Waals surface area contributed by atoms with Gasteiger partial charge in [-0.05, 0) is 6.20 Å². The molecular formula is C12H21N4+. The van der Waals surface area contributed by atoms with Crippen LogP contribution in [0, 0.1) is 0 Å². The van der Waals surface area contributed by atoms with Gasteiger partial charge in [0.05, 0.1) is 7.05 Å². The lowest BCUT2D eigenvalue weighted by molar-refractivity contribution is -0.727. The van der Waals surface area contributed by atoms with Crippen LogP contribution in [0.2, 0.25) is 0 Å². The molecule has 1 atom stereocenters. The highest BCUT2D eigenvalue weighted by Crippen LogP contribution is 1.97. The Morgan fingerprint density at radius 3 is 2.88 bits per heavy atom. The third-order valence-electron chi connectivity index (χ3n) is 2.42. The van der Waals surface area contributed by atoms with E-state index >= 15 is 0 Å². The van der Waals surface area contributed by atoms with E-state index in [0.717, 1.165) is 6.42 Å². The number of aromatic nitrogens is 2. The lowest BCUT2D eigenvalue weighted by Gasteiger charge is -2.12. The summed E-state index contributed by atoms with van der Waals surface area (Å²) in [6, 6.07) is 0. The lowest BCUT2D eigenvalue weighted by atomic mass is 10.4. The van der Waals surface area contributed by atoms with Crippen LogP contribution in [0.4, 0.5) is 0 Å². The van der Waals surface area contributed by atoms with Gasteiger partial charge in [-0.3, -0.25) is 0 Å². The fourth-order valence-corrected chi connectivity index (χ4v) is 1.40. The third kappa shape index (κ3) is 3.46. The smallest absolute Gasteiger partial charge is 0.245 e. The zero-order chi connectivity index (χ0) is 12.0. The quantitative estimate of drug-likeness (QED) is 0.733. The van der Waals surface area contributed by atoms with Gasteiger partial charge in [0.1, 0.15) is 12.4 Å². The van der Waals surface area contributed by atoms with Crippen molar-refractivity contribution >= 4 is 0 Å². The van der Waals surface area contributed by atoms with Crippen molar-refractivity contribution in [1.82, 2.24) is 14.8 Å². The molecule has 0 aliphatic rings. The highest BCUT2D eigenvalue weighted by molar-refractivity contribution is 4.84. The Balaban J connectivity index is 2.56. The summed E-state index contributed by atoms with van der Waals surface area (Å²) in [7, 11) is 3.96. The van der Waals surface area contributed by atoms with Gasteiger partial charge in [-0.1, -0.05) is 13.5 Å². The average Bonchev–Trinajstić information content (AvgIpc) is 2.70. The van der Waals surface area contributed by atoms with Crippen LogP contribution in [0.1, 0.15) is 19.5 Å². The summed E-state index contributed by atoms with van der Waals surface area (Å²) in [4.78, 5) is 1.90. The fourth-order valence-electron chi connectivity index (χ4n) is 1.40. The first-order valence-corrected chi connectivity index (χ1v) is 5.47. The molecule has 1 aromatic rings. The van der Waals surface area contributed by atoms with Crippen molar-refractivity contribution in [2.75, 3.05) is 7.05 Å². The number of hydrogen-bond acceptors (Lipinski definition) is 2. The first kappa shape index (κ1) is 12.4. The molecular weight excluding hydrogens is 200 g/mol. The maximum Gasteiger partial charge on any atom is 0.245 e. The Kier molecular flexibility index (Phi) is 4.64. The molecule has 1 heterocycles. The molecule has 0 saturated carbocycles. The SMILES string of the molecule is C=CN(C)/C=C\NC(CC)[n+]1ccn(C)c1. The second-order valence-electron chi connectivity index (χ2n) is 3.78. The summed E-state index contributed by atoms with van der Waals surface area (Å²) in [5.74, 6) is 0. The topological polar surface area (TPSA) is 24.1 Å². The lowest BCUT2D eigenvalue weighted by Crippen LogP contribution is -2.44. The van der Waals surface area contributed by atoms with E-state index in [4.69, 9.17) is 0 Å². The number of imidazole rings is 1. The number of aryl methyl sites for hydroxylation is 1. The molecule has 0 fully saturated rings. The average molecular weight is 221 g/mol. The van der Waals surface area contributed by atoms with Crippen LogP contribution in [0.3, 0.4) is 0 Å². The van der Waals surface area contributed by atoms with Gasteiger partial charge in [-0.25, -0.2) is 9.13 Å². The van der Waals surface area contributed by atoms with E-state index in [2.05, 4.69) is 35.9 Å². The Morgan fingerprint density at radius 2 is 2.38 bits per heavy atom. The second-order valence-corrected chi connectivity index (χ2v) is 3.78. The van der Waals surface area contributed by atoms with Gasteiger partial charge < -0.3 is 10.2 Å². The minimum Gasteiger partial charge on any atom is -0.356 e. The maximum absolute atomic E-state index is 3.68. The van der Waals surface area contributed by atoms with Gasteiger partial charge in [-0.2, -0.15) is 0 Å². The number of nitrogens with one attached hydrogen (secondary N) is 1. The van der Waals surface area contributed by atoms with Crippen molar-refractivity contribution < 1.29 is 4.57 Å². The van der Waals surface area contributed by atoms with Crippen LogP contribution in [0.5, 0.6) is 0 Å². The summed E-state index contributed by atoms with van der Waals surface area (Å²) < 4.78 is 4.18. The van der Waals surface area contributed by atoms with Crippen molar-refractivity contribution in [2.45, 2.75) is 19.5 Å². The summed E-state index contributed by atoms with van der Waals surface area (Å²) in [6.45, 7) is 5.83. The van der Waals surface area contributed by atoms with Crippen molar-refractivity contribution in [3.63, 3.8) is 0 Å². The molecule has 1 unspecified atom stereocenters. The monoisotopic (exact) mass is 221 g/mol. The first-order valence-electron chi connectivity index (χ1n) is 5.47. The van der Waals surface area contributed by atoms with Gasteiger partial charge in [-0.15, -0.1) is 0 Å². The summed E-state index contributed by atoms with van der Waals surface area (Å²) in [6.07, 6.45) is 13.1. The summed E-state index contributed by atoms with van der Waals surface area (Å²) >= 11 is 0. The van der Waals surface area contributed by atoms with Gasteiger partial charge in [0.15, 0.2) is 6.17 Å². The van der Waals surface area contributed by atoms with Gasteiger partial charge >= 0.3 is 0 Å². The molecule has 4 nitrogen and oxygen atoms in total. The Morgan fingerprint density at radius 1 is 1.62 bits per heavy atom. The van der Waals surface area contributed by atoms with E-state index < -0.39 is 0 Å². The van der Waals surface area contributed by atoms with Gasteiger partial charge in [0.2, 0.25) is 6.33 Å². The fraction of sp³-hybridized carbons (Fsp3) is 0.417. The largest absolute Gasteiger partial charge is 0.356 e. The summed E-state index contributed by atoms with van der Waals surface area (Å²) in [5.41, 5.74) is 0. The Labute approximate surface area is 97.5 Å². The van der Waals surface area contributed by atoms with Crippen molar-refractivity contribution in [3.05, 3.63) is 43.9 Å². The maximum atomic E-state index is 3.68. The van der Waals surface area contributed by atoms with E-state index in [1.165, 1.54) is 0 Å². The zero-order valence-corrected chi connectivity index (χ0v) is 10.3. The van der Waals surface area contributed by atoms with Crippen LogP contribution in [-0.4, -0.2) is 16.5 Å². The molecule has 0 amide bonds. The van der Waals surface area contributed by atoms with Crippen molar-refractivity contribution in [2.24, 2.45) is 7.05 Å². The minimum absolute atomic E-state index is 0.288. The molecule has 0 bridgehead atoms. The molecule has 0 saturated heterocycles. The number of rotatable bonds is 6.